The highest BCUT2D eigenvalue weighted by atomic mass is 35.5. The first-order valence-electron chi connectivity index (χ1n) is 10.4. The van der Waals surface area contributed by atoms with Gasteiger partial charge in [-0.15, -0.1) is 10.2 Å². The third-order valence-corrected chi connectivity index (χ3v) is 5.80. The van der Waals surface area contributed by atoms with Crippen LogP contribution in [0.2, 0.25) is 15.1 Å². The molecule has 8 heteroatoms. The van der Waals surface area contributed by atoms with E-state index in [1.807, 2.05) is 55.8 Å². The first kappa shape index (κ1) is 22.8. The van der Waals surface area contributed by atoms with Crippen molar-refractivity contribution < 1.29 is 4.42 Å². The Morgan fingerprint density at radius 3 is 2.22 bits per heavy atom. The lowest BCUT2D eigenvalue weighted by atomic mass is 9.97. The molecule has 0 amide bonds. The third-order valence-electron chi connectivity index (χ3n) is 5.01. The van der Waals surface area contributed by atoms with Crippen LogP contribution in [0.5, 0.6) is 0 Å². The second-order valence-corrected chi connectivity index (χ2v) is 9.88. The van der Waals surface area contributed by atoms with Crippen molar-refractivity contribution in [2.75, 3.05) is 0 Å². The Kier molecular flexibility index (Phi) is 6.35. The highest BCUT2D eigenvalue weighted by Crippen LogP contribution is 2.38. The van der Waals surface area contributed by atoms with Crippen LogP contribution in [0.1, 0.15) is 45.6 Å². The Balaban J connectivity index is 2.01. The zero-order chi connectivity index (χ0) is 23.0. The van der Waals surface area contributed by atoms with Gasteiger partial charge in [-0.2, -0.15) is 5.10 Å². The monoisotopic (exact) mass is 488 g/mol. The number of hydrogen-bond acceptors (Lipinski definition) is 4. The summed E-state index contributed by atoms with van der Waals surface area (Å²) < 4.78 is 7.88. The normalized spacial score (nSPS) is 11.8. The van der Waals surface area contributed by atoms with Gasteiger partial charge in [0.2, 0.25) is 5.89 Å². The molecule has 2 aromatic heterocycles. The van der Waals surface area contributed by atoms with Crippen LogP contribution >= 0.6 is 34.8 Å². The second kappa shape index (κ2) is 8.89. The minimum Gasteiger partial charge on any atom is -0.419 e. The van der Waals surface area contributed by atoms with E-state index in [0.29, 0.717) is 38.2 Å². The minimum absolute atomic E-state index is 0.267. The van der Waals surface area contributed by atoms with Gasteiger partial charge in [0.05, 0.1) is 16.4 Å². The van der Waals surface area contributed by atoms with Crippen LogP contribution in [0.3, 0.4) is 0 Å². The fourth-order valence-corrected chi connectivity index (χ4v) is 4.08. The molecule has 0 atom stereocenters. The molecule has 0 saturated heterocycles. The summed E-state index contributed by atoms with van der Waals surface area (Å²) in [7, 11) is 0. The summed E-state index contributed by atoms with van der Waals surface area (Å²) >= 11 is 18.9. The molecular weight excluding hydrogens is 467 g/mol. The van der Waals surface area contributed by atoms with Gasteiger partial charge in [0.15, 0.2) is 5.69 Å². The number of nitrogens with zero attached hydrogens (tertiary/aromatic N) is 4. The molecule has 0 aliphatic carbocycles. The summed E-state index contributed by atoms with van der Waals surface area (Å²) in [5.41, 5.74) is 3.95. The minimum atomic E-state index is -0.267. The van der Waals surface area contributed by atoms with E-state index in [4.69, 9.17) is 44.3 Å². The molecule has 0 saturated carbocycles. The number of halogens is 3. The lowest BCUT2D eigenvalue weighted by molar-refractivity contribution is 0.398. The van der Waals surface area contributed by atoms with E-state index < -0.39 is 0 Å². The Morgan fingerprint density at radius 1 is 0.938 bits per heavy atom. The quantitative estimate of drug-likeness (QED) is 0.287. The molecule has 32 heavy (non-hydrogen) atoms. The molecule has 0 bridgehead atoms. The molecule has 4 aromatic rings. The van der Waals surface area contributed by atoms with E-state index >= 15 is 0 Å². The topological polar surface area (TPSA) is 56.7 Å². The van der Waals surface area contributed by atoms with Crippen molar-refractivity contribution in [2.24, 2.45) is 0 Å². The standard InChI is InChI=1S/C24H23Cl3N4O/c1-5-6-17-20(22-28-29-23(32-22)24(2,3)4)30-31(19-12-11-16(26)13-18(19)27)21(17)14-7-9-15(25)10-8-14/h7-13H,5-6H2,1-4H3. The summed E-state index contributed by atoms with van der Waals surface area (Å²) in [4.78, 5) is 0. The van der Waals surface area contributed by atoms with Crippen molar-refractivity contribution in [3.05, 3.63) is 69.0 Å². The summed E-state index contributed by atoms with van der Waals surface area (Å²) in [6.45, 7) is 8.21. The molecule has 5 nitrogen and oxygen atoms in total. The van der Waals surface area contributed by atoms with Crippen molar-refractivity contribution in [3.8, 4) is 28.5 Å². The Hall–Kier alpha value is -2.34. The van der Waals surface area contributed by atoms with Gasteiger partial charge >= 0.3 is 0 Å². The second-order valence-electron chi connectivity index (χ2n) is 8.60. The fourth-order valence-electron chi connectivity index (χ4n) is 3.46. The Bertz CT molecular complexity index is 1250. The van der Waals surface area contributed by atoms with Gasteiger partial charge in [0.1, 0.15) is 0 Å². The first-order valence-corrected chi connectivity index (χ1v) is 11.5. The van der Waals surface area contributed by atoms with Crippen molar-refractivity contribution in [3.63, 3.8) is 0 Å². The third kappa shape index (κ3) is 4.42. The highest BCUT2D eigenvalue weighted by molar-refractivity contribution is 6.35. The van der Waals surface area contributed by atoms with E-state index in [1.165, 1.54) is 0 Å². The van der Waals surface area contributed by atoms with Gasteiger partial charge in [-0.05, 0) is 36.8 Å². The van der Waals surface area contributed by atoms with Crippen LogP contribution < -0.4 is 0 Å². The molecule has 0 spiro atoms. The highest BCUT2D eigenvalue weighted by Gasteiger charge is 2.28. The maximum atomic E-state index is 6.58. The summed E-state index contributed by atoms with van der Waals surface area (Å²) in [6, 6.07) is 13.0. The summed E-state index contributed by atoms with van der Waals surface area (Å²) in [6.07, 6.45) is 1.68. The molecule has 4 rings (SSSR count). The lowest BCUT2D eigenvalue weighted by Gasteiger charge is -2.12. The van der Waals surface area contributed by atoms with Crippen LogP contribution in [-0.4, -0.2) is 20.0 Å². The molecule has 0 fully saturated rings. The van der Waals surface area contributed by atoms with Gasteiger partial charge in [-0.1, -0.05) is 81.1 Å². The molecule has 0 unspecified atom stereocenters. The van der Waals surface area contributed by atoms with Gasteiger partial charge < -0.3 is 4.42 Å². The maximum Gasteiger partial charge on any atom is 0.268 e. The predicted octanol–water partition coefficient (Wildman–Crippen LogP) is 7.80. The number of benzene rings is 2. The number of rotatable bonds is 5. The van der Waals surface area contributed by atoms with Gasteiger partial charge in [0.25, 0.3) is 5.89 Å². The fraction of sp³-hybridized carbons (Fsp3) is 0.292. The molecular formula is C24H23Cl3N4O. The van der Waals surface area contributed by atoms with Crippen LogP contribution in [0, 0.1) is 0 Å². The zero-order valence-electron chi connectivity index (χ0n) is 18.3. The van der Waals surface area contributed by atoms with Crippen molar-refractivity contribution in [1.82, 2.24) is 20.0 Å². The Labute approximate surface area is 202 Å². The van der Waals surface area contributed by atoms with Crippen molar-refractivity contribution in [1.29, 1.82) is 0 Å². The van der Waals surface area contributed by atoms with E-state index in [0.717, 1.165) is 29.7 Å². The van der Waals surface area contributed by atoms with Crippen molar-refractivity contribution in [2.45, 2.75) is 46.0 Å². The lowest BCUT2D eigenvalue weighted by Crippen LogP contribution is -2.11. The molecule has 2 aromatic carbocycles. The number of aromatic nitrogens is 4. The molecule has 2 heterocycles. The molecule has 166 valence electrons. The predicted molar refractivity (Wildman–Crippen MR) is 130 cm³/mol. The largest absolute Gasteiger partial charge is 0.419 e. The van der Waals surface area contributed by atoms with Gasteiger partial charge in [-0.3, -0.25) is 0 Å². The van der Waals surface area contributed by atoms with Crippen LogP contribution in [0.25, 0.3) is 28.5 Å². The molecule has 0 aliphatic rings. The van der Waals surface area contributed by atoms with E-state index in [1.54, 1.807) is 12.1 Å². The van der Waals surface area contributed by atoms with Crippen LogP contribution in [0.4, 0.5) is 0 Å². The average molecular weight is 490 g/mol. The average Bonchev–Trinajstić information content (AvgIpc) is 3.34. The van der Waals surface area contributed by atoms with Crippen LogP contribution in [-0.2, 0) is 11.8 Å². The molecule has 0 aliphatic heterocycles. The van der Waals surface area contributed by atoms with E-state index in [2.05, 4.69) is 17.1 Å². The van der Waals surface area contributed by atoms with Crippen LogP contribution in [0.15, 0.2) is 46.9 Å². The van der Waals surface area contributed by atoms with Gasteiger partial charge in [0, 0.05) is 26.6 Å². The maximum absolute atomic E-state index is 6.58. The van der Waals surface area contributed by atoms with E-state index in [9.17, 15) is 0 Å². The first-order chi connectivity index (χ1) is 15.2. The van der Waals surface area contributed by atoms with E-state index in [-0.39, 0.29) is 5.41 Å². The zero-order valence-corrected chi connectivity index (χ0v) is 20.6. The summed E-state index contributed by atoms with van der Waals surface area (Å²) in [5, 5.41) is 15.2. The number of hydrogen-bond donors (Lipinski definition) is 0. The summed E-state index contributed by atoms with van der Waals surface area (Å²) in [5.74, 6) is 0.944. The Morgan fingerprint density at radius 2 is 1.62 bits per heavy atom. The molecule has 0 N–H and O–H groups in total. The molecule has 0 radical (unpaired) electrons. The smallest absolute Gasteiger partial charge is 0.268 e. The van der Waals surface area contributed by atoms with Gasteiger partial charge in [-0.25, -0.2) is 4.68 Å². The van der Waals surface area contributed by atoms with Crippen molar-refractivity contribution >= 4 is 34.8 Å². The SMILES string of the molecule is CCCc1c(-c2nnc(C(C)(C)C)o2)nn(-c2ccc(Cl)cc2Cl)c1-c1ccc(Cl)cc1.